The van der Waals surface area contributed by atoms with Gasteiger partial charge in [-0.15, -0.1) is 0 Å². The van der Waals surface area contributed by atoms with Crippen LogP contribution in [0.15, 0.2) is 6.20 Å². The van der Waals surface area contributed by atoms with Gasteiger partial charge in [0.2, 0.25) is 0 Å². The van der Waals surface area contributed by atoms with E-state index in [1.54, 1.807) is 0 Å². The molecule has 2 heterocycles. The molecular weight excluding hydrogens is 266 g/mol. The van der Waals surface area contributed by atoms with Crippen LogP contribution in [0, 0.1) is 5.92 Å². The molecule has 0 spiro atoms. The maximum Gasteiger partial charge on any atom is 0.160 e. The number of hydrogen-bond donors (Lipinski definition) is 1. The van der Waals surface area contributed by atoms with Gasteiger partial charge in [-0.1, -0.05) is 13.8 Å². The molecule has 1 N–H and O–H groups in total. The molecule has 1 aliphatic carbocycles. The van der Waals surface area contributed by atoms with Crippen LogP contribution in [0.3, 0.4) is 0 Å². The first kappa shape index (κ1) is 14.7. The molecular formula is C16H25N3O2. The first-order valence-electron chi connectivity index (χ1n) is 8.02. The lowest BCUT2D eigenvalue weighted by atomic mass is 10.1. The third-order valence-corrected chi connectivity index (χ3v) is 4.00. The largest absolute Gasteiger partial charge is 0.490 e. The van der Waals surface area contributed by atoms with Crippen molar-refractivity contribution >= 4 is 0 Å². The zero-order valence-electron chi connectivity index (χ0n) is 13.0. The van der Waals surface area contributed by atoms with Crippen LogP contribution in [-0.4, -0.2) is 35.8 Å². The van der Waals surface area contributed by atoms with Gasteiger partial charge in [-0.3, -0.25) is 0 Å². The highest BCUT2D eigenvalue weighted by Gasteiger charge is 2.22. The van der Waals surface area contributed by atoms with Gasteiger partial charge in [0.05, 0.1) is 25.1 Å². The summed E-state index contributed by atoms with van der Waals surface area (Å²) in [7, 11) is 0. The predicted octanol–water partition coefficient (Wildman–Crippen LogP) is 2.27. The minimum atomic E-state index is 0.335. The zero-order chi connectivity index (χ0) is 14.7. The molecule has 0 aromatic carbocycles. The van der Waals surface area contributed by atoms with E-state index < -0.39 is 0 Å². The van der Waals surface area contributed by atoms with E-state index in [1.165, 1.54) is 12.8 Å². The van der Waals surface area contributed by atoms with Gasteiger partial charge in [0.1, 0.15) is 5.82 Å². The van der Waals surface area contributed by atoms with Gasteiger partial charge in [-0.2, -0.15) is 0 Å². The monoisotopic (exact) mass is 291 g/mol. The average Bonchev–Trinajstić information content (AvgIpc) is 3.17. The summed E-state index contributed by atoms with van der Waals surface area (Å²) in [5, 5.41) is 3.51. The van der Waals surface area contributed by atoms with Gasteiger partial charge in [-0.05, 0) is 19.3 Å². The van der Waals surface area contributed by atoms with Crippen LogP contribution < -0.4 is 10.1 Å². The van der Waals surface area contributed by atoms with E-state index in [9.17, 15) is 0 Å². The Morgan fingerprint density at radius 2 is 2.24 bits per heavy atom. The van der Waals surface area contributed by atoms with E-state index in [2.05, 4.69) is 29.1 Å². The van der Waals surface area contributed by atoms with Crippen LogP contribution in [0.5, 0.6) is 5.75 Å². The molecule has 116 valence electrons. The summed E-state index contributed by atoms with van der Waals surface area (Å²) < 4.78 is 11.4. The van der Waals surface area contributed by atoms with Crippen LogP contribution in [0.1, 0.15) is 50.5 Å². The normalized spacial score (nSPS) is 22.0. The van der Waals surface area contributed by atoms with Crippen molar-refractivity contribution in [2.45, 2.75) is 51.6 Å². The third kappa shape index (κ3) is 4.14. The van der Waals surface area contributed by atoms with Gasteiger partial charge >= 0.3 is 0 Å². The molecule has 1 unspecified atom stereocenters. The summed E-state index contributed by atoms with van der Waals surface area (Å²) in [5.74, 6) is 2.54. The summed E-state index contributed by atoms with van der Waals surface area (Å²) in [4.78, 5) is 9.12. The Morgan fingerprint density at radius 1 is 1.38 bits per heavy atom. The van der Waals surface area contributed by atoms with Gasteiger partial charge < -0.3 is 14.8 Å². The highest BCUT2D eigenvalue weighted by atomic mass is 16.5. The Morgan fingerprint density at radius 3 is 2.90 bits per heavy atom. The average molecular weight is 291 g/mol. The maximum absolute atomic E-state index is 5.96. The van der Waals surface area contributed by atoms with Crippen molar-refractivity contribution in [2.75, 3.05) is 19.8 Å². The molecule has 2 aliphatic rings. The fraction of sp³-hybridized carbons (Fsp3) is 0.750. The SMILES string of the molecule is CC(C)c1ncc(OCC2CCOC2)c(CNC2CC2)n1. The molecule has 1 aliphatic heterocycles. The highest BCUT2D eigenvalue weighted by molar-refractivity contribution is 5.25. The molecule has 0 radical (unpaired) electrons. The first-order valence-corrected chi connectivity index (χ1v) is 8.02. The summed E-state index contributed by atoms with van der Waals surface area (Å²) in [5.41, 5.74) is 0.986. The molecule has 1 saturated carbocycles. The van der Waals surface area contributed by atoms with Crippen LogP contribution >= 0.6 is 0 Å². The van der Waals surface area contributed by atoms with Crippen molar-refractivity contribution in [2.24, 2.45) is 5.92 Å². The van der Waals surface area contributed by atoms with E-state index in [0.717, 1.165) is 43.4 Å². The molecule has 5 nitrogen and oxygen atoms in total. The molecule has 0 amide bonds. The number of rotatable bonds is 7. The summed E-state index contributed by atoms with van der Waals surface area (Å²) in [6.45, 7) is 7.35. The molecule has 2 fully saturated rings. The topological polar surface area (TPSA) is 56.3 Å². The van der Waals surface area contributed by atoms with Crippen molar-refractivity contribution in [1.82, 2.24) is 15.3 Å². The summed E-state index contributed by atoms with van der Waals surface area (Å²) >= 11 is 0. The first-order chi connectivity index (χ1) is 10.2. The lowest BCUT2D eigenvalue weighted by Gasteiger charge is -2.15. The van der Waals surface area contributed by atoms with Crippen molar-refractivity contribution in [3.8, 4) is 5.75 Å². The quantitative estimate of drug-likeness (QED) is 0.835. The second-order valence-electron chi connectivity index (χ2n) is 6.39. The van der Waals surface area contributed by atoms with Gasteiger partial charge in [0, 0.05) is 31.0 Å². The van der Waals surface area contributed by atoms with E-state index >= 15 is 0 Å². The molecule has 1 aromatic heterocycles. The maximum atomic E-state index is 5.96. The number of nitrogens with one attached hydrogen (secondary N) is 1. The van der Waals surface area contributed by atoms with E-state index in [4.69, 9.17) is 9.47 Å². The molecule has 21 heavy (non-hydrogen) atoms. The van der Waals surface area contributed by atoms with Crippen LogP contribution in [0.4, 0.5) is 0 Å². The minimum absolute atomic E-state index is 0.335. The van der Waals surface area contributed by atoms with Gasteiger partial charge in [-0.25, -0.2) is 9.97 Å². The Balaban J connectivity index is 1.66. The van der Waals surface area contributed by atoms with Gasteiger partial charge in [0.15, 0.2) is 5.75 Å². The van der Waals surface area contributed by atoms with E-state index in [1.807, 2.05) is 6.20 Å². The Labute approximate surface area is 126 Å². The van der Waals surface area contributed by atoms with Crippen LogP contribution in [0.25, 0.3) is 0 Å². The fourth-order valence-electron chi connectivity index (χ4n) is 2.40. The predicted molar refractivity (Wildman–Crippen MR) is 80.4 cm³/mol. The Hall–Kier alpha value is -1.20. The van der Waals surface area contributed by atoms with Crippen LogP contribution in [0.2, 0.25) is 0 Å². The standard InChI is InChI=1S/C16H25N3O2/c1-11(2)16-18-8-15(21-10-12-5-6-20-9-12)14(19-16)7-17-13-3-4-13/h8,11-13,17H,3-7,9-10H2,1-2H3. The molecule has 3 rings (SSSR count). The van der Waals surface area contributed by atoms with Crippen molar-refractivity contribution in [1.29, 1.82) is 0 Å². The number of ether oxygens (including phenoxy) is 2. The zero-order valence-corrected chi connectivity index (χ0v) is 13.0. The molecule has 1 saturated heterocycles. The highest BCUT2D eigenvalue weighted by Crippen LogP contribution is 2.23. The molecule has 0 bridgehead atoms. The van der Waals surface area contributed by atoms with Crippen molar-refractivity contribution in [3.63, 3.8) is 0 Å². The Kier molecular flexibility index (Phi) is 4.70. The minimum Gasteiger partial charge on any atom is -0.490 e. The number of aromatic nitrogens is 2. The Bertz CT molecular complexity index is 469. The fourth-order valence-corrected chi connectivity index (χ4v) is 2.40. The van der Waals surface area contributed by atoms with E-state index in [-0.39, 0.29) is 0 Å². The summed E-state index contributed by atoms with van der Waals surface area (Å²) in [6.07, 6.45) is 5.47. The number of hydrogen-bond acceptors (Lipinski definition) is 5. The smallest absolute Gasteiger partial charge is 0.160 e. The van der Waals surface area contributed by atoms with E-state index in [0.29, 0.717) is 24.5 Å². The lowest BCUT2D eigenvalue weighted by molar-refractivity contribution is 0.166. The van der Waals surface area contributed by atoms with Crippen molar-refractivity contribution < 1.29 is 9.47 Å². The molecule has 1 atom stereocenters. The molecule has 1 aromatic rings. The second kappa shape index (κ2) is 6.71. The second-order valence-corrected chi connectivity index (χ2v) is 6.39. The van der Waals surface area contributed by atoms with Gasteiger partial charge in [0.25, 0.3) is 0 Å². The number of nitrogens with zero attached hydrogens (tertiary/aromatic N) is 2. The third-order valence-electron chi connectivity index (χ3n) is 4.00. The van der Waals surface area contributed by atoms with Crippen LogP contribution in [-0.2, 0) is 11.3 Å². The lowest BCUT2D eigenvalue weighted by Crippen LogP contribution is -2.19. The van der Waals surface area contributed by atoms with Crippen molar-refractivity contribution in [3.05, 3.63) is 17.7 Å². The molecule has 5 heteroatoms. The summed E-state index contributed by atoms with van der Waals surface area (Å²) in [6, 6.07) is 0.665.